The van der Waals surface area contributed by atoms with Crippen molar-refractivity contribution in [2.24, 2.45) is 0 Å². The number of methoxy groups -OCH3 is 1. The first-order chi connectivity index (χ1) is 14.4. The van der Waals surface area contributed by atoms with Crippen LogP contribution < -0.4 is 10.1 Å². The maximum Gasteiger partial charge on any atom is 0.269 e. The van der Waals surface area contributed by atoms with Crippen LogP contribution in [-0.4, -0.2) is 31.6 Å². The Labute approximate surface area is 174 Å². The predicted octanol–water partition coefficient (Wildman–Crippen LogP) is 3.29. The zero-order valence-corrected chi connectivity index (χ0v) is 16.8. The van der Waals surface area contributed by atoms with E-state index in [2.05, 4.69) is 5.32 Å². The second kappa shape index (κ2) is 7.64. The molecule has 2 amide bonds. The fourth-order valence-electron chi connectivity index (χ4n) is 3.19. The number of benzene rings is 3. The molecular formula is C22H18N2O5S. The van der Waals surface area contributed by atoms with Crippen molar-refractivity contribution in [2.45, 2.75) is 11.4 Å². The molecule has 3 aromatic carbocycles. The molecule has 0 fully saturated rings. The molecule has 30 heavy (non-hydrogen) atoms. The molecule has 152 valence electrons. The lowest BCUT2D eigenvalue weighted by molar-refractivity contribution is 0.0864. The summed E-state index contributed by atoms with van der Waals surface area (Å²) in [4.78, 5) is 25.0. The number of anilines is 1. The number of hydrogen-bond acceptors (Lipinski definition) is 5. The Bertz CT molecular complexity index is 1220. The maximum absolute atomic E-state index is 12.7. The van der Waals surface area contributed by atoms with Gasteiger partial charge in [0.05, 0.1) is 19.2 Å². The minimum Gasteiger partial charge on any atom is -0.497 e. The second-order valence-electron chi connectivity index (χ2n) is 6.69. The molecule has 3 aromatic rings. The minimum atomic E-state index is -3.87. The Balaban J connectivity index is 1.47. The zero-order chi connectivity index (χ0) is 21.3. The molecule has 0 unspecified atom stereocenters. The Morgan fingerprint density at radius 3 is 2.27 bits per heavy atom. The van der Waals surface area contributed by atoms with Crippen LogP contribution in [0, 0.1) is 0 Å². The molecule has 1 heterocycles. The summed E-state index contributed by atoms with van der Waals surface area (Å²) in [5.41, 5.74) is 1.80. The lowest BCUT2D eigenvalue weighted by Crippen LogP contribution is -2.29. The van der Waals surface area contributed by atoms with Gasteiger partial charge in [-0.2, -0.15) is 0 Å². The Morgan fingerprint density at radius 2 is 1.63 bits per heavy atom. The van der Waals surface area contributed by atoms with Gasteiger partial charge in [0.2, 0.25) is 0 Å². The Hall–Kier alpha value is -3.65. The van der Waals surface area contributed by atoms with Crippen LogP contribution in [-0.2, 0) is 16.6 Å². The first-order valence-corrected chi connectivity index (χ1v) is 10.5. The van der Waals surface area contributed by atoms with Crippen LogP contribution in [0.15, 0.2) is 77.7 Å². The van der Waals surface area contributed by atoms with Gasteiger partial charge in [-0.25, -0.2) is 12.7 Å². The third kappa shape index (κ3) is 3.53. The largest absolute Gasteiger partial charge is 0.497 e. The van der Waals surface area contributed by atoms with Gasteiger partial charge in [-0.1, -0.05) is 24.3 Å². The highest BCUT2D eigenvalue weighted by Gasteiger charge is 2.40. The molecule has 8 heteroatoms. The summed E-state index contributed by atoms with van der Waals surface area (Å²) in [5.74, 6) is -0.165. The molecule has 0 aromatic heterocycles. The highest BCUT2D eigenvalue weighted by molar-refractivity contribution is 7.90. The summed E-state index contributed by atoms with van der Waals surface area (Å²) in [7, 11) is -2.31. The van der Waals surface area contributed by atoms with E-state index < -0.39 is 15.9 Å². The average molecular weight is 422 g/mol. The zero-order valence-electron chi connectivity index (χ0n) is 16.0. The normalized spacial score (nSPS) is 14.3. The van der Waals surface area contributed by atoms with E-state index in [4.69, 9.17) is 4.74 Å². The molecular weight excluding hydrogens is 404 g/mol. The molecule has 1 aliphatic heterocycles. The van der Waals surface area contributed by atoms with Crippen molar-refractivity contribution < 1.29 is 22.7 Å². The fourth-order valence-corrected chi connectivity index (χ4v) is 4.75. The van der Waals surface area contributed by atoms with Crippen molar-refractivity contribution in [1.29, 1.82) is 0 Å². The van der Waals surface area contributed by atoms with Crippen LogP contribution in [0.2, 0.25) is 0 Å². The molecule has 7 nitrogen and oxygen atoms in total. The number of nitrogens with zero attached hydrogens (tertiary/aromatic N) is 1. The number of nitrogens with one attached hydrogen (secondary N) is 1. The Kier molecular flexibility index (Phi) is 5.01. The van der Waals surface area contributed by atoms with E-state index in [0.29, 0.717) is 22.6 Å². The fraction of sp³-hybridized carbons (Fsp3) is 0.0909. The number of carbonyl (C=O) groups is 2. The van der Waals surface area contributed by atoms with E-state index in [1.165, 1.54) is 12.1 Å². The van der Waals surface area contributed by atoms with Crippen LogP contribution in [0.5, 0.6) is 5.75 Å². The van der Waals surface area contributed by atoms with Crippen LogP contribution in [0.4, 0.5) is 5.69 Å². The molecule has 0 aliphatic carbocycles. The topological polar surface area (TPSA) is 92.8 Å². The van der Waals surface area contributed by atoms with Gasteiger partial charge in [0.25, 0.3) is 21.8 Å². The van der Waals surface area contributed by atoms with E-state index in [9.17, 15) is 18.0 Å². The van der Waals surface area contributed by atoms with Crippen LogP contribution >= 0.6 is 0 Å². The SMILES string of the molecule is COc1ccc(NC(=O)c2ccc(CN3C(=O)c4ccccc4S3(=O)=O)cc2)cc1. The highest BCUT2D eigenvalue weighted by Crippen LogP contribution is 2.31. The van der Waals surface area contributed by atoms with E-state index in [1.54, 1.807) is 67.8 Å². The second-order valence-corrected chi connectivity index (χ2v) is 8.52. The van der Waals surface area contributed by atoms with Crippen molar-refractivity contribution in [3.05, 3.63) is 89.5 Å². The van der Waals surface area contributed by atoms with E-state index in [1.807, 2.05) is 0 Å². The van der Waals surface area contributed by atoms with E-state index >= 15 is 0 Å². The number of rotatable bonds is 5. The van der Waals surface area contributed by atoms with Gasteiger partial charge >= 0.3 is 0 Å². The average Bonchev–Trinajstić information content (AvgIpc) is 2.95. The van der Waals surface area contributed by atoms with Gasteiger partial charge in [-0.3, -0.25) is 9.59 Å². The lowest BCUT2D eigenvalue weighted by Gasteiger charge is -2.15. The van der Waals surface area contributed by atoms with Gasteiger partial charge in [-0.05, 0) is 54.1 Å². The number of fused-ring (bicyclic) bond motifs is 1. The van der Waals surface area contributed by atoms with Gasteiger partial charge in [0.1, 0.15) is 10.6 Å². The first-order valence-electron chi connectivity index (χ1n) is 9.10. The minimum absolute atomic E-state index is 0.0190. The van der Waals surface area contributed by atoms with Gasteiger partial charge < -0.3 is 10.1 Å². The molecule has 1 N–H and O–H groups in total. The number of carbonyl (C=O) groups excluding carboxylic acids is 2. The molecule has 0 spiro atoms. The van der Waals surface area contributed by atoms with Crippen LogP contribution in [0.3, 0.4) is 0 Å². The van der Waals surface area contributed by atoms with Crippen molar-refractivity contribution >= 4 is 27.5 Å². The molecule has 0 saturated heterocycles. The standard InChI is InChI=1S/C22H18N2O5S/c1-29-18-12-10-17(11-13-18)23-21(25)16-8-6-15(7-9-16)14-24-22(26)19-4-2-3-5-20(19)30(24,27)28/h2-13H,14H2,1H3,(H,23,25). The summed E-state index contributed by atoms with van der Waals surface area (Å²) in [5, 5.41) is 2.78. The maximum atomic E-state index is 12.7. The summed E-state index contributed by atoms with van der Waals surface area (Å²) < 4.78 is 31.2. The van der Waals surface area contributed by atoms with Crippen molar-refractivity contribution in [2.75, 3.05) is 12.4 Å². The number of sulfonamides is 1. The number of hydrogen-bond donors (Lipinski definition) is 1. The number of ether oxygens (including phenoxy) is 1. The predicted molar refractivity (Wildman–Crippen MR) is 111 cm³/mol. The summed E-state index contributed by atoms with van der Waals surface area (Å²) in [6, 6.07) is 19.5. The third-order valence-electron chi connectivity index (χ3n) is 4.80. The molecule has 4 rings (SSSR count). The van der Waals surface area contributed by atoms with E-state index in [-0.39, 0.29) is 22.9 Å². The summed E-state index contributed by atoms with van der Waals surface area (Å²) in [6.07, 6.45) is 0. The third-order valence-corrected chi connectivity index (χ3v) is 6.59. The molecule has 0 atom stereocenters. The smallest absolute Gasteiger partial charge is 0.269 e. The molecule has 0 radical (unpaired) electrons. The highest BCUT2D eigenvalue weighted by atomic mass is 32.2. The molecule has 0 bridgehead atoms. The summed E-state index contributed by atoms with van der Waals surface area (Å²) >= 11 is 0. The molecule has 1 aliphatic rings. The van der Waals surface area contributed by atoms with Gasteiger partial charge in [-0.15, -0.1) is 0 Å². The molecule has 0 saturated carbocycles. The van der Waals surface area contributed by atoms with Gasteiger partial charge in [0.15, 0.2) is 0 Å². The van der Waals surface area contributed by atoms with Gasteiger partial charge in [0, 0.05) is 11.3 Å². The van der Waals surface area contributed by atoms with Crippen LogP contribution in [0.25, 0.3) is 0 Å². The van der Waals surface area contributed by atoms with E-state index in [0.717, 1.165) is 4.31 Å². The van der Waals surface area contributed by atoms with Crippen molar-refractivity contribution in [3.8, 4) is 5.75 Å². The van der Waals surface area contributed by atoms with Crippen molar-refractivity contribution in [3.63, 3.8) is 0 Å². The summed E-state index contributed by atoms with van der Waals surface area (Å²) in [6.45, 7) is -0.101. The van der Waals surface area contributed by atoms with Crippen LogP contribution in [0.1, 0.15) is 26.3 Å². The lowest BCUT2D eigenvalue weighted by atomic mass is 10.1. The quantitative estimate of drug-likeness (QED) is 0.681. The Morgan fingerprint density at radius 1 is 0.967 bits per heavy atom. The monoisotopic (exact) mass is 422 g/mol. The number of amides is 2. The first kappa shape index (κ1) is 19.7. The van der Waals surface area contributed by atoms with Crippen molar-refractivity contribution in [1.82, 2.24) is 4.31 Å².